The van der Waals surface area contributed by atoms with Crippen molar-refractivity contribution in [2.45, 2.75) is 0 Å². The van der Waals surface area contributed by atoms with E-state index in [1.165, 1.54) is 12.1 Å². The molecule has 7 nitrogen and oxygen atoms in total. The van der Waals surface area contributed by atoms with Crippen LogP contribution in [0.3, 0.4) is 0 Å². The topological polar surface area (TPSA) is 75.9 Å². The minimum absolute atomic E-state index is 0.0237. The number of rotatable bonds is 5. The fraction of sp³-hybridized carbons (Fsp3) is 0.292. The molecule has 1 aromatic heterocycles. The molecule has 0 atom stereocenters. The molecule has 2 heterocycles. The van der Waals surface area contributed by atoms with Crippen molar-refractivity contribution in [1.82, 2.24) is 14.8 Å². The van der Waals surface area contributed by atoms with Gasteiger partial charge in [0.25, 0.3) is 0 Å². The van der Waals surface area contributed by atoms with Crippen LogP contribution in [0, 0.1) is 5.82 Å². The first kappa shape index (κ1) is 21.8. The number of carbonyl (C=O) groups excluding carboxylic acids is 2. The number of piperazine rings is 1. The molecule has 1 saturated heterocycles. The lowest BCUT2D eigenvalue weighted by atomic mass is 9.91. The first-order chi connectivity index (χ1) is 15.9. The molecule has 0 amide bonds. The van der Waals surface area contributed by atoms with Crippen LogP contribution in [0.1, 0.15) is 32.2 Å². The van der Waals surface area contributed by atoms with Gasteiger partial charge in [-0.25, -0.2) is 9.37 Å². The van der Waals surface area contributed by atoms with Gasteiger partial charge >= 0.3 is 0 Å². The standard InChI is InChI=1S/C24H21ClFN3O4/c1-28-8-10-29(11-9-28)12-13-32-17-7-6-16(26)18(19(17)25)24-27-20-21(30)14-4-2-3-5-15(14)22(31)23(20)33-24/h2-7H,8-13H2,1H3. The first-order valence-corrected chi connectivity index (χ1v) is 11.0. The second-order valence-electron chi connectivity index (χ2n) is 8.13. The highest BCUT2D eigenvalue weighted by atomic mass is 35.5. The number of ether oxygens (including phenoxy) is 1. The maximum absolute atomic E-state index is 14.8. The zero-order chi connectivity index (χ0) is 23.1. The average Bonchev–Trinajstić information content (AvgIpc) is 3.26. The molecule has 0 spiro atoms. The molecule has 1 aliphatic heterocycles. The lowest BCUT2D eigenvalue weighted by Gasteiger charge is -2.32. The van der Waals surface area contributed by atoms with E-state index in [4.69, 9.17) is 20.8 Å². The number of hydrogen-bond acceptors (Lipinski definition) is 7. The Morgan fingerprint density at radius 3 is 2.48 bits per heavy atom. The molecule has 0 N–H and O–H groups in total. The SMILES string of the molecule is CN1CCN(CCOc2ccc(F)c(-c3nc4c(o3)C(=O)c3ccccc3C4=O)c2Cl)CC1. The van der Waals surface area contributed by atoms with Gasteiger partial charge in [-0.1, -0.05) is 35.9 Å². The van der Waals surface area contributed by atoms with Gasteiger partial charge < -0.3 is 14.1 Å². The van der Waals surface area contributed by atoms with Crippen LogP contribution in [0.15, 0.2) is 40.8 Å². The summed E-state index contributed by atoms with van der Waals surface area (Å²) >= 11 is 6.46. The van der Waals surface area contributed by atoms with Crippen molar-refractivity contribution in [2.24, 2.45) is 0 Å². The predicted molar refractivity (Wildman–Crippen MR) is 120 cm³/mol. The Morgan fingerprint density at radius 2 is 1.76 bits per heavy atom. The predicted octanol–water partition coefficient (Wildman–Crippen LogP) is 3.54. The van der Waals surface area contributed by atoms with Gasteiger partial charge in [-0.15, -0.1) is 0 Å². The molecular formula is C24H21ClFN3O4. The Hall–Kier alpha value is -3.07. The lowest BCUT2D eigenvalue weighted by Crippen LogP contribution is -2.45. The number of carbonyl (C=O) groups is 2. The molecule has 2 aromatic carbocycles. The maximum Gasteiger partial charge on any atom is 0.232 e. The third-order valence-electron chi connectivity index (χ3n) is 6.00. The van der Waals surface area contributed by atoms with Crippen molar-refractivity contribution >= 4 is 23.2 Å². The Bertz CT molecular complexity index is 1200. The van der Waals surface area contributed by atoms with E-state index in [0.29, 0.717) is 13.2 Å². The molecule has 0 unspecified atom stereocenters. The Labute approximate surface area is 194 Å². The lowest BCUT2D eigenvalue weighted by molar-refractivity contribution is 0.0959. The number of benzene rings is 2. The molecule has 2 aliphatic rings. The summed E-state index contributed by atoms with van der Waals surface area (Å²) in [5.41, 5.74) is 0.172. The van der Waals surface area contributed by atoms with Gasteiger partial charge in [0, 0.05) is 43.9 Å². The average molecular weight is 470 g/mol. The second-order valence-corrected chi connectivity index (χ2v) is 8.51. The first-order valence-electron chi connectivity index (χ1n) is 10.7. The summed E-state index contributed by atoms with van der Waals surface area (Å²) in [6.45, 7) is 4.99. The minimum Gasteiger partial charge on any atom is -0.491 e. The van der Waals surface area contributed by atoms with Crippen molar-refractivity contribution in [2.75, 3.05) is 46.4 Å². The molecular weight excluding hydrogens is 449 g/mol. The van der Waals surface area contributed by atoms with E-state index < -0.39 is 17.4 Å². The van der Waals surface area contributed by atoms with Crippen LogP contribution in [-0.2, 0) is 0 Å². The number of oxazole rings is 1. The number of likely N-dealkylation sites (N-methyl/N-ethyl adjacent to an activating group) is 1. The van der Waals surface area contributed by atoms with E-state index in [1.807, 2.05) is 0 Å². The van der Waals surface area contributed by atoms with Crippen LogP contribution in [0.5, 0.6) is 5.75 Å². The minimum atomic E-state index is -0.692. The second kappa shape index (κ2) is 8.70. The number of aromatic nitrogens is 1. The van der Waals surface area contributed by atoms with Crippen molar-refractivity contribution in [3.63, 3.8) is 0 Å². The molecule has 9 heteroatoms. The summed E-state index contributed by atoms with van der Waals surface area (Å²) in [6.07, 6.45) is 0. The van der Waals surface area contributed by atoms with Crippen LogP contribution in [0.25, 0.3) is 11.5 Å². The summed E-state index contributed by atoms with van der Waals surface area (Å²) < 4.78 is 26.2. The summed E-state index contributed by atoms with van der Waals surface area (Å²) in [5, 5.41) is -0.0237. The molecule has 5 rings (SSSR count). The highest BCUT2D eigenvalue weighted by Gasteiger charge is 2.36. The quantitative estimate of drug-likeness (QED) is 0.442. The highest BCUT2D eigenvalue weighted by molar-refractivity contribution is 6.34. The third-order valence-corrected chi connectivity index (χ3v) is 6.37. The van der Waals surface area contributed by atoms with Crippen LogP contribution < -0.4 is 4.74 Å². The summed E-state index contributed by atoms with van der Waals surface area (Å²) in [7, 11) is 2.09. The van der Waals surface area contributed by atoms with Gasteiger partial charge in [0.1, 0.15) is 18.2 Å². The van der Waals surface area contributed by atoms with E-state index in [9.17, 15) is 14.0 Å². The summed E-state index contributed by atoms with van der Waals surface area (Å²) in [5.74, 6) is -1.80. The zero-order valence-corrected chi connectivity index (χ0v) is 18.7. The Balaban J connectivity index is 1.40. The van der Waals surface area contributed by atoms with Gasteiger partial charge in [0.05, 0.1) is 10.6 Å². The Kier molecular flexibility index (Phi) is 5.74. The van der Waals surface area contributed by atoms with Crippen molar-refractivity contribution in [3.8, 4) is 17.2 Å². The van der Waals surface area contributed by atoms with Gasteiger partial charge in [-0.3, -0.25) is 14.5 Å². The Morgan fingerprint density at radius 1 is 1.06 bits per heavy atom. The molecule has 33 heavy (non-hydrogen) atoms. The van der Waals surface area contributed by atoms with E-state index in [1.54, 1.807) is 24.3 Å². The molecule has 0 bridgehead atoms. The third kappa shape index (κ3) is 3.94. The van der Waals surface area contributed by atoms with Crippen molar-refractivity contribution in [3.05, 3.63) is 69.8 Å². The molecule has 1 aliphatic carbocycles. The molecule has 3 aromatic rings. The van der Waals surface area contributed by atoms with E-state index in [2.05, 4.69) is 21.8 Å². The zero-order valence-electron chi connectivity index (χ0n) is 17.9. The summed E-state index contributed by atoms with van der Waals surface area (Å²) in [4.78, 5) is 34.3. The summed E-state index contributed by atoms with van der Waals surface area (Å²) in [6, 6.07) is 9.06. The normalized spacial score (nSPS) is 16.6. The highest BCUT2D eigenvalue weighted by Crippen LogP contribution is 2.39. The number of hydrogen-bond donors (Lipinski definition) is 0. The van der Waals surface area contributed by atoms with Gasteiger partial charge in [-0.05, 0) is 19.2 Å². The molecule has 0 saturated carbocycles. The van der Waals surface area contributed by atoms with E-state index >= 15 is 0 Å². The van der Waals surface area contributed by atoms with Gasteiger partial charge in [-0.2, -0.15) is 0 Å². The van der Waals surface area contributed by atoms with Crippen LogP contribution in [-0.4, -0.2) is 72.7 Å². The van der Waals surface area contributed by atoms with E-state index in [0.717, 1.165) is 26.2 Å². The van der Waals surface area contributed by atoms with Gasteiger partial charge in [0.2, 0.25) is 23.2 Å². The number of ketones is 2. The van der Waals surface area contributed by atoms with Gasteiger partial charge in [0.15, 0.2) is 5.69 Å². The molecule has 170 valence electrons. The van der Waals surface area contributed by atoms with Crippen LogP contribution in [0.4, 0.5) is 4.39 Å². The van der Waals surface area contributed by atoms with Crippen molar-refractivity contribution < 1.29 is 23.1 Å². The number of nitrogens with zero attached hydrogens (tertiary/aromatic N) is 3. The van der Waals surface area contributed by atoms with Crippen molar-refractivity contribution in [1.29, 1.82) is 0 Å². The van der Waals surface area contributed by atoms with E-state index in [-0.39, 0.29) is 44.8 Å². The van der Waals surface area contributed by atoms with Crippen LogP contribution >= 0.6 is 11.6 Å². The number of fused-ring (bicyclic) bond motifs is 2. The number of halogens is 2. The monoisotopic (exact) mass is 469 g/mol. The fourth-order valence-electron chi connectivity index (χ4n) is 4.06. The maximum atomic E-state index is 14.8. The largest absolute Gasteiger partial charge is 0.491 e. The fourth-order valence-corrected chi connectivity index (χ4v) is 4.35. The molecule has 0 radical (unpaired) electrons. The smallest absolute Gasteiger partial charge is 0.232 e. The molecule has 1 fully saturated rings. The van der Waals surface area contributed by atoms with Crippen LogP contribution in [0.2, 0.25) is 5.02 Å².